The second-order valence-corrected chi connectivity index (χ2v) is 10.3. The number of aromatic nitrogens is 2. The van der Waals surface area contributed by atoms with Crippen LogP contribution in [0.1, 0.15) is 28.4 Å². The fraction of sp³-hybridized carbons (Fsp3) is 0.350. The molecule has 1 N–H and O–H groups in total. The van der Waals surface area contributed by atoms with Gasteiger partial charge < -0.3 is 5.32 Å². The Morgan fingerprint density at radius 3 is 2.57 bits per heavy atom. The Morgan fingerprint density at radius 1 is 1.23 bits per heavy atom. The number of fused-ring (bicyclic) bond motifs is 1. The summed E-state index contributed by atoms with van der Waals surface area (Å²) in [7, 11) is 0. The minimum Gasteiger partial charge on any atom is -0.341 e. The van der Waals surface area contributed by atoms with E-state index in [-0.39, 0.29) is 22.9 Å². The van der Waals surface area contributed by atoms with Gasteiger partial charge in [-0.2, -0.15) is 0 Å². The van der Waals surface area contributed by atoms with Gasteiger partial charge in [0.05, 0.1) is 5.41 Å². The molecule has 5 rings (SSSR count). The smallest absolute Gasteiger partial charge is 0.253 e. The SMILES string of the molecule is Cc1nnc(C2=C(C(=O)S)N3C(=O)[C@@H](NC(=O)C4(c5ccccc5)CC4)[C@H]3SC2)s1. The van der Waals surface area contributed by atoms with E-state index >= 15 is 0 Å². The van der Waals surface area contributed by atoms with Crippen molar-refractivity contribution in [3.05, 3.63) is 51.6 Å². The number of aryl methyl sites for hydroxylation is 1. The molecule has 154 valence electrons. The van der Waals surface area contributed by atoms with Crippen LogP contribution in [0.2, 0.25) is 0 Å². The molecule has 2 aliphatic heterocycles. The molecule has 1 saturated heterocycles. The molecule has 3 aliphatic rings. The molecule has 2 atom stereocenters. The summed E-state index contributed by atoms with van der Waals surface area (Å²) in [6, 6.07) is 9.01. The van der Waals surface area contributed by atoms with Crippen LogP contribution in [0.25, 0.3) is 5.57 Å². The topological polar surface area (TPSA) is 92.3 Å². The van der Waals surface area contributed by atoms with E-state index < -0.39 is 16.6 Å². The van der Waals surface area contributed by atoms with E-state index in [2.05, 4.69) is 28.1 Å². The number of rotatable bonds is 5. The normalized spacial score (nSPS) is 24.2. The van der Waals surface area contributed by atoms with Crippen LogP contribution in [0.3, 0.4) is 0 Å². The van der Waals surface area contributed by atoms with Crippen LogP contribution in [0.4, 0.5) is 0 Å². The largest absolute Gasteiger partial charge is 0.341 e. The van der Waals surface area contributed by atoms with Crippen molar-refractivity contribution >= 4 is 58.2 Å². The van der Waals surface area contributed by atoms with E-state index in [1.54, 1.807) is 0 Å². The molecule has 0 unspecified atom stereocenters. The first kappa shape index (κ1) is 19.8. The maximum Gasteiger partial charge on any atom is 0.253 e. The number of hydrogen-bond acceptors (Lipinski definition) is 7. The van der Waals surface area contributed by atoms with Crippen LogP contribution in [0.5, 0.6) is 0 Å². The highest BCUT2D eigenvalue weighted by molar-refractivity contribution is 8.00. The predicted molar refractivity (Wildman–Crippen MR) is 118 cm³/mol. The van der Waals surface area contributed by atoms with Gasteiger partial charge in [-0.25, -0.2) is 0 Å². The zero-order valence-corrected chi connectivity index (χ0v) is 18.5. The van der Waals surface area contributed by atoms with Gasteiger partial charge in [-0.05, 0) is 25.3 Å². The van der Waals surface area contributed by atoms with Crippen molar-refractivity contribution in [2.75, 3.05) is 5.75 Å². The number of benzene rings is 1. The molecular weight excluding hydrogens is 440 g/mol. The van der Waals surface area contributed by atoms with Gasteiger partial charge in [0.2, 0.25) is 11.0 Å². The van der Waals surface area contributed by atoms with E-state index in [0.29, 0.717) is 16.3 Å². The third-order valence-electron chi connectivity index (χ3n) is 5.75. The average Bonchev–Trinajstić information content (AvgIpc) is 3.46. The van der Waals surface area contributed by atoms with Crippen molar-refractivity contribution in [2.45, 2.75) is 36.6 Å². The third-order valence-corrected chi connectivity index (χ3v) is 8.14. The quantitative estimate of drug-likeness (QED) is 0.527. The number of hydrogen-bond donors (Lipinski definition) is 2. The zero-order chi connectivity index (χ0) is 21.0. The molecule has 2 fully saturated rings. The van der Waals surface area contributed by atoms with E-state index in [4.69, 9.17) is 0 Å². The van der Waals surface area contributed by atoms with Crippen molar-refractivity contribution in [1.29, 1.82) is 0 Å². The molecule has 0 bridgehead atoms. The highest BCUT2D eigenvalue weighted by atomic mass is 32.2. The second kappa shape index (κ2) is 7.21. The summed E-state index contributed by atoms with van der Waals surface area (Å²) < 4.78 is 0. The lowest BCUT2D eigenvalue weighted by Crippen LogP contribution is -2.71. The standard InChI is InChI=1S/C20H18N4O3S3/c1-10-22-23-15(30-10)12-9-29-17-13(16(25)24(17)14(12)18(26)28)21-19(27)20(7-8-20)11-5-3-2-4-6-11/h2-6,13,17H,7-9H2,1H3,(H,21,27)(H,26,28)/t13-,17-/m1/s1. The summed E-state index contributed by atoms with van der Waals surface area (Å²) in [6.45, 7) is 1.84. The first-order valence-corrected chi connectivity index (χ1v) is 11.8. The van der Waals surface area contributed by atoms with E-state index in [1.165, 1.54) is 28.0 Å². The molecule has 0 radical (unpaired) electrons. The highest BCUT2D eigenvalue weighted by Gasteiger charge is 2.57. The van der Waals surface area contributed by atoms with Gasteiger partial charge in [0.25, 0.3) is 5.91 Å². The summed E-state index contributed by atoms with van der Waals surface area (Å²) in [4.78, 5) is 39.7. The van der Waals surface area contributed by atoms with Gasteiger partial charge in [-0.1, -0.05) is 54.3 Å². The Morgan fingerprint density at radius 2 is 1.97 bits per heavy atom. The van der Waals surface area contributed by atoms with Gasteiger partial charge >= 0.3 is 0 Å². The lowest BCUT2D eigenvalue weighted by atomic mass is 9.93. The molecule has 7 nitrogen and oxygen atoms in total. The fourth-order valence-corrected chi connectivity index (χ4v) is 6.43. The number of β-lactam (4-membered cyclic amide) rings is 1. The number of thioether (sulfide) groups is 1. The average molecular weight is 459 g/mol. The summed E-state index contributed by atoms with van der Waals surface area (Å²) in [5.74, 6) is 0.0853. The van der Waals surface area contributed by atoms with Gasteiger partial charge in [0, 0.05) is 11.3 Å². The Balaban J connectivity index is 1.38. The van der Waals surface area contributed by atoms with E-state index in [9.17, 15) is 14.4 Å². The monoisotopic (exact) mass is 458 g/mol. The van der Waals surface area contributed by atoms with Crippen molar-refractivity contribution in [3.8, 4) is 0 Å². The molecule has 2 aromatic rings. The van der Waals surface area contributed by atoms with Crippen LogP contribution in [-0.4, -0.2) is 49.2 Å². The first-order chi connectivity index (χ1) is 14.4. The Hall–Kier alpha value is -2.17. The molecule has 1 aromatic heterocycles. The highest BCUT2D eigenvalue weighted by Crippen LogP contribution is 2.49. The number of thiol groups is 1. The summed E-state index contributed by atoms with van der Waals surface area (Å²) in [6.07, 6.45) is 1.54. The fourth-order valence-electron chi connectivity index (χ4n) is 4.01. The maximum absolute atomic E-state index is 13.1. The molecule has 2 amide bonds. The molecular formula is C20H18N4O3S3. The molecule has 1 saturated carbocycles. The lowest BCUT2D eigenvalue weighted by Gasteiger charge is -2.49. The van der Waals surface area contributed by atoms with Crippen LogP contribution in [0, 0.1) is 6.92 Å². The van der Waals surface area contributed by atoms with Gasteiger partial charge in [-0.3, -0.25) is 19.3 Å². The minimum atomic E-state index is -0.649. The van der Waals surface area contributed by atoms with Crippen LogP contribution in [0.15, 0.2) is 36.0 Å². The van der Waals surface area contributed by atoms with Crippen molar-refractivity contribution in [2.24, 2.45) is 0 Å². The van der Waals surface area contributed by atoms with Crippen molar-refractivity contribution in [1.82, 2.24) is 20.4 Å². The number of nitrogens with zero attached hydrogens (tertiary/aromatic N) is 3. The second-order valence-electron chi connectivity index (χ2n) is 7.57. The van der Waals surface area contributed by atoms with Gasteiger partial charge in [0.15, 0.2) is 0 Å². The Bertz CT molecular complexity index is 1090. The first-order valence-electron chi connectivity index (χ1n) is 9.50. The van der Waals surface area contributed by atoms with Crippen molar-refractivity contribution < 1.29 is 14.4 Å². The number of carbonyl (C=O) groups excluding carboxylic acids is 3. The molecule has 10 heteroatoms. The summed E-state index contributed by atoms with van der Waals surface area (Å²) in [5.41, 5.74) is 1.34. The molecule has 3 heterocycles. The van der Waals surface area contributed by atoms with Crippen LogP contribution >= 0.6 is 35.7 Å². The maximum atomic E-state index is 13.1. The van der Waals surface area contributed by atoms with Gasteiger partial charge in [0.1, 0.15) is 27.1 Å². The number of amides is 2. The minimum absolute atomic E-state index is 0.124. The zero-order valence-electron chi connectivity index (χ0n) is 16.0. The van der Waals surface area contributed by atoms with E-state index in [1.807, 2.05) is 37.3 Å². The van der Waals surface area contributed by atoms with E-state index in [0.717, 1.165) is 23.4 Å². The number of carbonyl (C=O) groups is 3. The molecule has 1 aliphatic carbocycles. The van der Waals surface area contributed by atoms with Gasteiger partial charge in [-0.15, -0.1) is 22.0 Å². The summed E-state index contributed by atoms with van der Waals surface area (Å²) in [5, 5.41) is 11.7. The van der Waals surface area contributed by atoms with Crippen molar-refractivity contribution in [3.63, 3.8) is 0 Å². The lowest BCUT2D eigenvalue weighted by molar-refractivity contribution is -0.147. The molecule has 0 spiro atoms. The van der Waals surface area contributed by atoms with Crippen LogP contribution in [-0.2, 0) is 19.8 Å². The Kier molecular flexibility index (Phi) is 4.75. The number of nitrogens with one attached hydrogen (secondary N) is 1. The molecule has 30 heavy (non-hydrogen) atoms. The molecule has 1 aromatic carbocycles. The third kappa shape index (κ3) is 3.00. The predicted octanol–water partition coefficient (Wildman–Crippen LogP) is 2.15. The van der Waals surface area contributed by atoms with Crippen LogP contribution < -0.4 is 5.32 Å². The Labute approximate surface area is 186 Å². The summed E-state index contributed by atoms with van der Waals surface area (Å²) >= 11 is 6.89.